The van der Waals surface area contributed by atoms with Gasteiger partial charge in [-0.3, -0.25) is 0 Å². The van der Waals surface area contributed by atoms with Crippen molar-refractivity contribution in [3.05, 3.63) is 16.1 Å². The first-order valence-electron chi connectivity index (χ1n) is 4.62. The van der Waals surface area contributed by atoms with Gasteiger partial charge >= 0.3 is 0 Å². The number of carbonyl (C=O) groups excluding carboxylic acids is 1. The SMILES string of the molecule is CC(C)c1nc(CCCC=O)cs1. The Morgan fingerprint density at radius 1 is 1.62 bits per heavy atom. The summed E-state index contributed by atoms with van der Waals surface area (Å²) in [4.78, 5) is 14.6. The summed E-state index contributed by atoms with van der Waals surface area (Å²) < 4.78 is 0. The molecule has 0 aliphatic heterocycles. The van der Waals surface area contributed by atoms with E-state index < -0.39 is 0 Å². The van der Waals surface area contributed by atoms with Crippen molar-refractivity contribution >= 4 is 17.6 Å². The lowest BCUT2D eigenvalue weighted by atomic mass is 10.2. The Hall–Kier alpha value is -0.700. The smallest absolute Gasteiger partial charge is 0.120 e. The summed E-state index contributed by atoms with van der Waals surface area (Å²) in [5, 5.41) is 3.29. The number of aryl methyl sites for hydroxylation is 1. The van der Waals surface area contributed by atoms with Crippen molar-refractivity contribution in [2.75, 3.05) is 0 Å². The van der Waals surface area contributed by atoms with Gasteiger partial charge in [0.1, 0.15) is 6.29 Å². The van der Waals surface area contributed by atoms with E-state index in [4.69, 9.17) is 0 Å². The molecule has 0 bridgehead atoms. The average Bonchev–Trinajstić information content (AvgIpc) is 2.53. The first-order valence-corrected chi connectivity index (χ1v) is 5.50. The van der Waals surface area contributed by atoms with Crippen LogP contribution in [0.25, 0.3) is 0 Å². The van der Waals surface area contributed by atoms with Gasteiger partial charge in [0.25, 0.3) is 0 Å². The minimum absolute atomic E-state index is 0.518. The number of unbranched alkanes of at least 4 members (excludes halogenated alkanes) is 1. The van der Waals surface area contributed by atoms with E-state index in [2.05, 4.69) is 24.2 Å². The van der Waals surface area contributed by atoms with Gasteiger partial charge in [0, 0.05) is 17.7 Å². The highest BCUT2D eigenvalue weighted by molar-refractivity contribution is 7.09. The molecule has 3 heteroatoms. The average molecular weight is 197 g/mol. The number of rotatable bonds is 5. The molecule has 0 fully saturated rings. The van der Waals surface area contributed by atoms with E-state index in [-0.39, 0.29) is 0 Å². The van der Waals surface area contributed by atoms with Crippen LogP contribution in [-0.2, 0) is 11.2 Å². The molecule has 0 atom stereocenters. The lowest BCUT2D eigenvalue weighted by Crippen LogP contribution is -1.89. The van der Waals surface area contributed by atoms with Gasteiger partial charge in [-0.1, -0.05) is 13.8 Å². The summed E-state index contributed by atoms with van der Waals surface area (Å²) in [6.07, 6.45) is 3.47. The van der Waals surface area contributed by atoms with Crippen LogP contribution in [0.3, 0.4) is 0 Å². The molecular formula is C10H15NOS. The Bertz CT molecular complexity index is 268. The monoisotopic (exact) mass is 197 g/mol. The normalized spacial score (nSPS) is 10.7. The molecule has 0 aliphatic carbocycles. The van der Waals surface area contributed by atoms with Crippen LogP contribution in [0.2, 0.25) is 0 Å². The number of nitrogens with zero attached hydrogens (tertiary/aromatic N) is 1. The predicted molar refractivity (Wildman–Crippen MR) is 55.2 cm³/mol. The highest BCUT2D eigenvalue weighted by atomic mass is 32.1. The zero-order valence-corrected chi connectivity index (χ0v) is 8.93. The Labute approximate surface area is 83.0 Å². The maximum absolute atomic E-state index is 10.1. The number of carbonyl (C=O) groups is 1. The molecule has 0 aromatic carbocycles. The third kappa shape index (κ3) is 3.27. The first kappa shape index (κ1) is 10.4. The molecule has 1 aromatic heterocycles. The maximum Gasteiger partial charge on any atom is 0.120 e. The Morgan fingerprint density at radius 2 is 2.38 bits per heavy atom. The summed E-state index contributed by atoms with van der Waals surface area (Å²) in [7, 11) is 0. The van der Waals surface area contributed by atoms with Crippen molar-refractivity contribution in [2.24, 2.45) is 0 Å². The van der Waals surface area contributed by atoms with Crippen LogP contribution in [-0.4, -0.2) is 11.3 Å². The molecule has 0 aliphatic rings. The molecular weight excluding hydrogens is 182 g/mol. The predicted octanol–water partition coefficient (Wildman–Crippen LogP) is 2.79. The molecule has 0 N–H and O–H groups in total. The molecule has 0 spiro atoms. The van der Waals surface area contributed by atoms with Gasteiger partial charge in [-0.2, -0.15) is 0 Å². The molecule has 2 nitrogen and oxygen atoms in total. The van der Waals surface area contributed by atoms with E-state index in [1.807, 2.05) is 0 Å². The van der Waals surface area contributed by atoms with E-state index >= 15 is 0 Å². The maximum atomic E-state index is 10.1. The summed E-state index contributed by atoms with van der Waals surface area (Å²) >= 11 is 1.72. The van der Waals surface area contributed by atoms with Crippen LogP contribution in [0.15, 0.2) is 5.38 Å². The minimum Gasteiger partial charge on any atom is -0.303 e. The Balaban J connectivity index is 2.44. The lowest BCUT2D eigenvalue weighted by molar-refractivity contribution is -0.107. The van der Waals surface area contributed by atoms with Gasteiger partial charge in [-0.05, 0) is 12.8 Å². The van der Waals surface area contributed by atoms with Crippen LogP contribution >= 0.6 is 11.3 Å². The molecule has 1 aromatic rings. The number of hydrogen-bond donors (Lipinski definition) is 0. The Morgan fingerprint density at radius 3 is 2.92 bits per heavy atom. The fourth-order valence-corrected chi connectivity index (χ4v) is 1.94. The summed E-state index contributed by atoms with van der Waals surface area (Å²) in [6.45, 7) is 4.29. The van der Waals surface area contributed by atoms with Gasteiger partial charge in [0.2, 0.25) is 0 Å². The highest BCUT2D eigenvalue weighted by Crippen LogP contribution is 2.19. The van der Waals surface area contributed by atoms with Gasteiger partial charge in [-0.25, -0.2) is 4.98 Å². The molecule has 0 unspecified atom stereocenters. The summed E-state index contributed by atoms with van der Waals surface area (Å²) in [5.74, 6) is 0.518. The van der Waals surface area contributed by atoms with Crippen molar-refractivity contribution in [3.8, 4) is 0 Å². The quantitative estimate of drug-likeness (QED) is 0.536. The Kier molecular flexibility index (Phi) is 4.09. The molecule has 72 valence electrons. The largest absolute Gasteiger partial charge is 0.303 e. The van der Waals surface area contributed by atoms with Gasteiger partial charge in [-0.15, -0.1) is 11.3 Å². The van der Waals surface area contributed by atoms with Gasteiger partial charge < -0.3 is 4.79 Å². The molecule has 0 amide bonds. The first-order chi connectivity index (χ1) is 6.24. The van der Waals surface area contributed by atoms with Crippen LogP contribution in [0.5, 0.6) is 0 Å². The minimum atomic E-state index is 0.518. The summed E-state index contributed by atoms with van der Waals surface area (Å²) in [5.41, 5.74) is 1.13. The molecule has 0 saturated carbocycles. The topological polar surface area (TPSA) is 30.0 Å². The fourth-order valence-electron chi connectivity index (χ4n) is 1.07. The van der Waals surface area contributed by atoms with E-state index in [0.29, 0.717) is 12.3 Å². The van der Waals surface area contributed by atoms with Crippen LogP contribution in [0.4, 0.5) is 0 Å². The standard InChI is InChI=1S/C10H15NOS/c1-8(2)10-11-9(7-13-10)5-3-4-6-12/h6-8H,3-5H2,1-2H3. The third-order valence-electron chi connectivity index (χ3n) is 1.82. The van der Waals surface area contributed by atoms with Crippen molar-refractivity contribution in [1.82, 2.24) is 4.98 Å². The molecule has 0 radical (unpaired) electrons. The molecule has 1 heterocycles. The van der Waals surface area contributed by atoms with Gasteiger partial charge in [0.05, 0.1) is 10.7 Å². The number of aldehydes is 1. The fraction of sp³-hybridized carbons (Fsp3) is 0.600. The molecule has 0 saturated heterocycles. The zero-order valence-electron chi connectivity index (χ0n) is 8.12. The number of aromatic nitrogens is 1. The second kappa shape index (κ2) is 5.12. The lowest BCUT2D eigenvalue weighted by Gasteiger charge is -1.96. The molecule has 13 heavy (non-hydrogen) atoms. The van der Waals surface area contributed by atoms with Crippen molar-refractivity contribution in [3.63, 3.8) is 0 Å². The second-order valence-corrected chi connectivity index (χ2v) is 4.28. The summed E-state index contributed by atoms with van der Waals surface area (Å²) in [6, 6.07) is 0. The molecule has 1 rings (SSSR count). The van der Waals surface area contributed by atoms with Crippen molar-refractivity contribution in [1.29, 1.82) is 0 Å². The van der Waals surface area contributed by atoms with Crippen LogP contribution < -0.4 is 0 Å². The van der Waals surface area contributed by atoms with E-state index in [9.17, 15) is 4.79 Å². The van der Waals surface area contributed by atoms with Crippen LogP contribution in [0, 0.1) is 0 Å². The number of hydrogen-bond acceptors (Lipinski definition) is 3. The van der Waals surface area contributed by atoms with E-state index in [1.165, 1.54) is 5.01 Å². The van der Waals surface area contributed by atoms with E-state index in [1.54, 1.807) is 11.3 Å². The van der Waals surface area contributed by atoms with Gasteiger partial charge in [0.15, 0.2) is 0 Å². The third-order valence-corrected chi connectivity index (χ3v) is 3.01. The zero-order chi connectivity index (χ0) is 9.68. The van der Waals surface area contributed by atoms with E-state index in [0.717, 1.165) is 24.8 Å². The van der Waals surface area contributed by atoms with Crippen molar-refractivity contribution < 1.29 is 4.79 Å². The highest BCUT2D eigenvalue weighted by Gasteiger charge is 2.04. The van der Waals surface area contributed by atoms with Crippen LogP contribution in [0.1, 0.15) is 43.3 Å². The number of thiazole rings is 1. The van der Waals surface area contributed by atoms with Crippen molar-refractivity contribution in [2.45, 2.75) is 39.0 Å². The second-order valence-electron chi connectivity index (χ2n) is 3.39.